The van der Waals surface area contributed by atoms with Crippen molar-refractivity contribution in [1.82, 2.24) is 0 Å². The molecule has 1 atom stereocenters. The smallest absolute Gasteiger partial charge is 0.102 e. The van der Waals surface area contributed by atoms with Crippen LogP contribution in [0, 0.1) is 0 Å². The van der Waals surface area contributed by atoms with E-state index in [9.17, 15) is 0 Å². The summed E-state index contributed by atoms with van der Waals surface area (Å²) in [5.41, 5.74) is 1.56. The first-order chi connectivity index (χ1) is 3.97. The van der Waals surface area contributed by atoms with E-state index in [2.05, 4.69) is 6.08 Å². The molecule has 8 heavy (non-hydrogen) atoms. The first-order valence-corrected chi connectivity index (χ1v) is 3.27. The van der Waals surface area contributed by atoms with Gasteiger partial charge in [-0.15, -0.1) is 0 Å². The summed E-state index contributed by atoms with van der Waals surface area (Å²) in [4.78, 5) is 0. The van der Waals surface area contributed by atoms with Gasteiger partial charge in [-0.05, 0) is 24.8 Å². The van der Waals surface area contributed by atoms with Crippen LogP contribution in [0.15, 0.2) is 11.6 Å². The molecule has 0 aromatic rings. The molecule has 0 N–H and O–H groups in total. The molecule has 1 aliphatic heterocycles. The largest absolute Gasteiger partial charge is 0.368 e. The molecule has 1 saturated heterocycles. The molecule has 0 radical (unpaired) electrons. The Kier molecular flexibility index (Phi) is 0.908. The Hall–Kier alpha value is -0.300. The van der Waals surface area contributed by atoms with Gasteiger partial charge in [0.25, 0.3) is 0 Å². The molecule has 1 heteroatoms. The van der Waals surface area contributed by atoms with Gasteiger partial charge in [-0.25, -0.2) is 0 Å². The third kappa shape index (κ3) is 0.671. The fraction of sp³-hybridized carbons (Fsp3) is 0.714. The first kappa shape index (κ1) is 4.57. The zero-order valence-electron chi connectivity index (χ0n) is 4.89. The Bertz CT molecular complexity index is 122. The van der Waals surface area contributed by atoms with Gasteiger partial charge in [0.2, 0.25) is 0 Å². The molecule has 0 bridgehead atoms. The van der Waals surface area contributed by atoms with E-state index in [0.717, 1.165) is 6.61 Å². The van der Waals surface area contributed by atoms with Gasteiger partial charge >= 0.3 is 0 Å². The predicted molar refractivity (Wildman–Crippen MR) is 31.7 cm³/mol. The third-order valence-corrected chi connectivity index (χ3v) is 1.82. The molecule has 1 aliphatic carbocycles. The summed E-state index contributed by atoms with van der Waals surface area (Å²) in [7, 11) is 0. The Balaban J connectivity index is 2.02. The van der Waals surface area contributed by atoms with Crippen LogP contribution in [0.1, 0.15) is 19.3 Å². The lowest BCUT2D eigenvalue weighted by Crippen LogP contribution is -1.85. The zero-order chi connectivity index (χ0) is 5.40. The van der Waals surface area contributed by atoms with Crippen LogP contribution >= 0.6 is 0 Å². The van der Waals surface area contributed by atoms with Crippen molar-refractivity contribution in [3.05, 3.63) is 11.6 Å². The molecule has 0 saturated carbocycles. The molecule has 0 aromatic carbocycles. The Labute approximate surface area is 49.3 Å². The second-order valence-corrected chi connectivity index (χ2v) is 2.49. The van der Waals surface area contributed by atoms with Crippen molar-refractivity contribution in [2.75, 3.05) is 6.61 Å². The highest BCUT2D eigenvalue weighted by Gasteiger charge is 2.27. The molecule has 2 aliphatic rings. The van der Waals surface area contributed by atoms with Crippen LogP contribution in [-0.2, 0) is 4.74 Å². The standard InChI is InChI=1S/C7H10O/c1-2-4-6(3-1)7-5-8-7/h3,7H,1-2,4-5H2. The Morgan fingerprint density at radius 2 is 2.50 bits per heavy atom. The molecular formula is C7H10O. The summed E-state index contributed by atoms with van der Waals surface area (Å²) in [5, 5.41) is 0. The maximum atomic E-state index is 5.12. The van der Waals surface area contributed by atoms with Gasteiger partial charge in [0, 0.05) is 0 Å². The average Bonchev–Trinajstić information content (AvgIpc) is 2.49. The predicted octanol–water partition coefficient (Wildman–Crippen LogP) is 1.50. The van der Waals surface area contributed by atoms with Crippen molar-refractivity contribution in [1.29, 1.82) is 0 Å². The highest BCUT2D eigenvalue weighted by Crippen LogP contribution is 2.28. The van der Waals surface area contributed by atoms with Gasteiger partial charge in [-0.2, -0.15) is 0 Å². The number of hydrogen-bond donors (Lipinski definition) is 0. The molecule has 0 amide bonds. The van der Waals surface area contributed by atoms with Gasteiger partial charge < -0.3 is 4.74 Å². The van der Waals surface area contributed by atoms with Crippen molar-refractivity contribution in [2.24, 2.45) is 0 Å². The minimum absolute atomic E-state index is 0.553. The minimum Gasteiger partial charge on any atom is -0.368 e. The monoisotopic (exact) mass is 110 g/mol. The molecule has 0 aromatic heterocycles. The fourth-order valence-corrected chi connectivity index (χ4v) is 1.25. The number of rotatable bonds is 1. The molecule has 1 unspecified atom stereocenters. The van der Waals surface area contributed by atoms with E-state index in [1.165, 1.54) is 19.3 Å². The van der Waals surface area contributed by atoms with Crippen molar-refractivity contribution in [3.63, 3.8) is 0 Å². The van der Waals surface area contributed by atoms with E-state index >= 15 is 0 Å². The first-order valence-electron chi connectivity index (χ1n) is 3.27. The van der Waals surface area contributed by atoms with Crippen LogP contribution < -0.4 is 0 Å². The van der Waals surface area contributed by atoms with E-state index < -0.39 is 0 Å². The average molecular weight is 110 g/mol. The van der Waals surface area contributed by atoms with E-state index in [1.54, 1.807) is 5.57 Å². The molecule has 2 rings (SSSR count). The maximum Gasteiger partial charge on any atom is 0.102 e. The fourth-order valence-electron chi connectivity index (χ4n) is 1.25. The van der Waals surface area contributed by atoms with Crippen molar-refractivity contribution < 1.29 is 4.74 Å². The summed E-state index contributed by atoms with van der Waals surface area (Å²) >= 11 is 0. The quantitative estimate of drug-likeness (QED) is 0.368. The van der Waals surface area contributed by atoms with E-state index in [1.807, 2.05) is 0 Å². The second kappa shape index (κ2) is 1.59. The van der Waals surface area contributed by atoms with Gasteiger partial charge in [0.1, 0.15) is 6.10 Å². The third-order valence-electron chi connectivity index (χ3n) is 1.82. The zero-order valence-corrected chi connectivity index (χ0v) is 4.89. The van der Waals surface area contributed by atoms with Crippen LogP contribution in [0.25, 0.3) is 0 Å². The summed E-state index contributed by atoms with van der Waals surface area (Å²) in [6, 6.07) is 0. The molecular weight excluding hydrogens is 100 g/mol. The number of hydrogen-bond acceptors (Lipinski definition) is 1. The van der Waals surface area contributed by atoms with E-state index in [-0.39, 0.29) is 0 Å². The molecule has 1 heterocycles. The summed E-state index contributed by atoms with van der Waals surface area (Å²) in [5.74, 6) is 0. The molecule has 44 valence electrons. The summed E-state index contributed by atoms with van der Waals surface area (Å²) in [6.07, 6.45) is 6.82. The van der Waals surface area contributed by atoms with Gasteiger partial charge in [-0.1, -0.05) is 6.08 Å². The Morgan fingerprint density at radius 3 is 3.00 bits per heavy atom. The Morgan fingerprint density at radius 1 is 1.62 bits per heavy atom. The van der Waals surface area contributed by atoms with Gasteiger partial charge in [-0.3, -0.25) is 0 Å². The van der Waals surface area contributed by atoms with E-state index in [4.69, 9.17) is 4.74 Å². The highest BCUT2D eigenvalue weighted by molar-refractivity contribution is 5.16. The lowest BCUT2D eigenvalue weighted by Gasteiger charge is -1.89. The maximum absolute atomic E-state index is 5.12. The normalized spacial score (nSPS) is 35.0. The number of ether oxygens (including phenoxy) is 1. The van der Waals surface area contributed by atoms with Crippen LogP contribution in [0.2, 0.25) is 0 Å². The molecule has 1 fully saturated rings. The topological polar surface area (TPSA) is 12.5 Å². The van der Waals surface area contributed by atoms with Crippen LogP contribution in [0.3, 0.4) is 0 Å². The lowest BCUT2D eigenvalue weighted by molar-refractivity contribution is 0.429. The van der Waals surface area contributed by atoms with Gasteiger partial charge in [0.05, 0.1) is 6.61 Å². The second-order valence-electron chi connectivity index (χ2n) is 2.49. The highest BCUT2D eigenvalue weighted by atomic mass is 16.6. The van der Waals surface area contributed by atoms with Gasteiger partial charge in [0.15, 0.2) is 0 Å². The van der Waals surface area contributed by atoms with Crippen LogP contribution in [0.5, 0.6) is 0 Å². The minimum atomic E-state index is 0.553. The summed E-state index contributed by atoms with van der Waals surface area (Å²) < 4.78 is 5.12. The van der Waals surface area contributed by atoms with Crippen LogP contribution in [-0.4, -0.2) is 12.7 Å². The number of allylic oxidation sites excluding steroid dienone is 1. The van der Waals surface area contributed by atoms with E-state index in [0.29, 0.717) is 6.10 Å². The SMILES string of the molecule is C1=C(C2CO2)CCC1. The lowest BCUT2D eigenvalue weighted by atomic mass is 10.2. The molecule has 1 nitrogen and oxygen atoms in total. The summed E-state index contributed by atoms with van der Waals surface area (Å²) in [6.45, 7) is 0.992. The van der Waals surface area contributed by atoms with Crippen molar-refractivity contribution in [3.8, 4) is 0 Å². The molecule has 0 spiro atoms. The number of epoxide rings is 1. The van der Waals surface area contributed by atoms with Crippen molar-refractivity contribution in [2.45, 2.75) is 25.4 Å². The van der Waals surface area contributed by atoms with Crippen LogP contribution in [0.4, 0.5) is 0 Å². The van der Waals surface area contributed by atoms with Crippen molar-refractivity contribution >= 4 is 0 Å².